The molecule has 2 aliphatic heterocycles. The quantitative estimate of drug-likeness (QED) is 0.515. The average Bonchev–Trinajstić information content (AvgIpc) is 3.09. The van der Waals surface area contributed by atoms with Gasteiger partial charge in [0.1, 0.15) is 0 Å². The summed E-state index contributed by atoms with van der Waals surface area (Å²) < 4.78 is 0. The van der Waals surface area contributed by atoms with Crippen molar-refractivity contribution >= 4 is 0 Å². The number of hydrogen-bond acceptors (Lipinski definition) is 4. The minimum Gasteiger partial charge on any atom is -0.393 e. The summed E-state index contributed by atoms with van der Waals surface area (Å²) >= 11 is 0. The zero-order chi connectivity index (χ0) is 21.7. The topological polar surface area (TPSA) is 63.9 Å². The maximum atomic E-state index is 11.1. The summed E-state index contributed by atoms with van der Waals surface area (Å²) in [6.07, 6.45) is 7.68. The van der Waals surface area contributed by atoms with Crippen molar-refractivity contribution in [1.29, 1.82) is 0 Å². The van der Waals surface area contributed by atoms with Crippen LogP contribution in [-0.2, 0) is 0 Å². The molecule has 174 valence electrons. The first-order valence-electron chi connectivity index (χ1n) is 13.3. The Bertz CT molecular complexity index is 764. The van der Waals surface area contributed by atoms with Gasteiger partial charge in [0.2, 0.25) is 0 Å². The van der Waals surface area contributed by atoms with E-state index in [9.17, 15) is 15.3 Å². The van der Waals surface area contributed by atoms with Crippen molar-refractivity contribution in [3.8, 4) is 0 Å². The lowest BCUT2D eigenvalue weighted by atomic mass is 9.56. The minimum absolute atomic E-state index is 0.0950. The third-order valence-corrected chi connectivity index (χ3v) is 11.3. The molecule has 12 atom stereocenters. The van der Waals surface area contributed by atoms with E-state index in [0.717, 1.165) is 56.4 Å². The third kappa shape index (κ3) is 3.00. The van der Waals surface area contributed by atoms with E-state index in [1.807, 2.05) is 0 Å². The zero-order valence-electron chi connectivity index (χ0n) is 19.7. The first kappa shape index (κ1) is 21.1. The Hall–Kier alpha value is -0.420. The highest BCUT2D eigenvalue weighted by Crippen LogP contribution is 2.64. The Balaban J connectivity index is 1.30. The summed E-state index contributed by atoms with van der Waals surface area (Å²) in [5.41, 5.74) is 3.43. The van der Waals surface area contributed by atoms with Crippen molar-refractivity contribution in [3.05, 3.63) is 11.1 Å². The molecule has 2 saturated carbocycles. The summed E-state index contributed by atoms with van der Waals surface area (Å²) in [6.45, 7) is 9.47. The van der Waals surface area contributed by atoms with Gasteiger partial charge in [-0.2, -0.15) is 0 Å². The predicted octanol–water partition coefficient (Wildman–Crippen LogP) is 3.60. The van der Waals surface area contributed by atoms with Crippen molar-refractivity contribution < 1.29 is 15.3 Å². The second-order valence-corrected chi connectivity index (χ2v) is 12.8. The predicted molar refractivity (Wildman–Crippen MR) is 121 cm³/mol. The van der Waals surface area contributed by atoms with Crippen molar-refractivity contribution in [3.63, 3.8) is 0 Å². The smallest absolute Gasteiger partial charge is 0.0701 e. The number of fused-ring (bicyclic) bond motifs is 7. The van der Waals surface area contributed by atoms with Crippen LogP contribution in [0.25, 0.3) is 0 Å². The highest BCUT2D eigenvalue weighted by atomic mass is 16.3. The molecule has 2 heterocycles. The standard InChI is InChI=1S/C27H43NO3/c1-14-8-25(31)26-15(2)17-4-5-18-19(21(17)13-28(26)12-14)10-22-20(18)11-24(30)23-9-16(29)6-7-27(22,23)3/h14-19,21,23-26,29-31H,4-13H2,1-3H3/t14-,15-,16+,17-,18-,19-,21-,23+,24-,25+,26-,27-/m1/s1. The van der Waals surface area contributed by atoms with Gasteiger partial charge >= 0.3 is 0 Å². The van der Waals surface area contributed by atoms with E-state index in [2.05, 4.69) is 25.7 Å². The van der Waals surface area contributed by atoms with Crippen LogP contribution in [0.5, 0.6) is 0 Å². The van der Waals surface area contributed by atoms with Gasteiger partial charge < -0.3 is 15.3 Å². The molecule has 6 rings (SSSR count). The van der Waals surface area contributed by atoms with Crippen LogP contribution in [0.3, 0.4) is 0 Å². The van der Waals surface area contributed by atoms with Crippen molar-refractivity contribution in [2.75, 3.05) is 13.1 Å². The molecule has 3 N–H and O–H groups in total. The summed E-state index contributed by atoms with van der Waals surface area (Å²) in [7, 11) is 0. The maximum absolute atomic E-state index is 11.1. The lowest BCUT2D eigenvalue weighted by molar-refractivity contribution is -0.115. The third-order valence-electron chi connectivity index (χ3n) is 11.3. The normalized spacial score (nSPS) is 56.9. The molecule has 0 aromatic heterocycles. The lowest BCUT2D eigenvalue weighted by Crippen LogP contribution is -2.63. The van der Waals surface area contributed by atoms with Crippen LogP contribution in [0.15, 0.2) is 11.1 Å². The fourth-order valence-corrected chi connectivity index (χ4v) is 9.97. The summed E-state index contributed by atoms with van der Waals surface area (Å²) in [5.74, 6) is 4.29. The first-order valence-corrected chi connectivity index (χ1v) is 13.3. The summed E-state index contributed by atoms with van der Waals surface area (Å²) in [4.78, 5) is 2.67. The van der Waals surface area contributed by atoms with E-state index in [0.29, 0.717) is 23.8 Å². The van der Waals surface area contributed by atoms with Crippen LogP contribution >= 0.6 is 0 Å². The molecule has 0 unspecified atom stereocenters. The molecule has 4 fully saturated rings. The molecule has 0 bridgehead atoms. The van der Waals surface area contributed by atoms with E-state index in [4.69, 9.17) is 0 Å². The number of nitrogens with zero attached hydrogens (tertiary/aromatic N) is 1. The second kappa shape index (κ2) is 7.29. The zero-order valence-corrected chi connectivity index (χ0v) is 19.7. The molecule has 2 saturated heterocycles. The number of aliphatic hydroxyl groups is 3. The van der Waals surface area contributed by atoms with Gasteiger partial charge in [0, 0.05) is 19.1 Å². The van der Waals surface area contributed by atoms with E-state index < -0.39 is 0 Å². The van der Waals surface area contributed by atoms with Crippen LogP contribution in [0, 0.1) is 46.8 Å². The maximum Gasteiger partial charge on any atom is 0.0701 e. The van der Waals surface area contributed by atoms with Crippen LogP contribution in [-0.4, -0.2) is 57.7 Å². The highest BCUT2D eigenvalue weighted by molar-refractivity contribution is 5.37. The van der Waals surface area contributed by atoms with Gasteiger partial charge in [-0.1, -0.05) is 31.9 Å². The van der Waals surface area contributed by atoms with Gasteiger partial charge in [0.05, 0.1) is 18.3 Å². The Morgan fingerprint density at radius 3 is 2.48 bits per heavy atom. The Morgan fingerprint density at radius 2 is 1.68 bits per heavy atom. The molecule has 0 amide bonds. The van der Waals surface area contributed by atoms with Crippen molar-refractivity contribution in [2.45, 2.75) is 96.5 Å². The molecule has 0 aromatic rings. The Morgan fingerprint density at radius 1 is 0.871 bits per heavy atom. The second-order valence-electron chi connectivity index (χ2n) is 12.8. The van der Waals surface area contributed by atoms with E-state index in [1.165, 1.54) is 25.8 Å². The van der Waals surface area contributed by atoms with E-state index in [-0.39, 0.29) is 29.6 Å². The molecule has 0 radical (unpaired) electrons. The van der Waals surface area contributed by atoms with Crippen LogP contribution in [0.4, 0.5) is 0 Å². The number of aliphatic hydroxyl groups excluding tert-OH is 3. The van der Waals surface area contributed by atoms with E-state index in [1.54, 1.807) is 11.1 Å². The fourth-order valence-electron chi connectivity index (χ4n) is 9.97. The molecule has 4 nitrogen and oxygen atoms in total. The van der Waals surface area contributed by atoms with Crippen LogP contribution in [0.1, 0.15) is 72.1 Å². The molecule has 0 spiro atoms. The lowest BCUT2D eigenvalue weighted by Gasteiger charge is -2.57. The van der Waals surface area contributed by atoms with Gasteiger partial charge in [-0.15, -0.1) is 0 Å². The molecule has 4 aliphatic carbocycles. The summed E-state index contributed by atoms with van der Waals surface area (Å²) in [6, 6.07) is 0.363. The molecule has 4 heteroatoms. The number of rotatable bonds is 0. The summed E-state index contributed by atoms with van der Waals surface area (Å²) in [5, 5.41) is 32.3. The number of hydrogen-bond donors (Lipinski definition) is 3. The van der Waals surface area contributed by atoms with Crippen molar-refractivity contribution in [2.24, 2.45) is 46.8 Å². The molecular formula is C27H43NO3. The highest BCUT2D eigenvalue weighted by Gasteiger charge is 2.58. The monoisotopic (exact) mass is 429 g/mol. The number of piperidine rings is 2. The van der Waals surface area contributed by atoms with Crippen molar-refractivity contribution in [1.82, 2.24) is 4.90 Å². The largest absolute Gasteiger partial charge is 0.393 e. The van der Waals surface area contributed by atoms with Crippen LogP contribution < -0.4 is 0 Å². The van der Waals surface area contributed by atoms with Gasteiger partial charge in [-0.05, 0) is 98.2 Å². The molecular weight excluding hydrogens is 386 g/mol. The Kier molecular flexibility index (Phi) is 4.97. The number of allylic oxidation sites excluding steroid dienone is 1. The van der Waals surface area contributed by atoms with E-state index >= 15 is 0 Å². The van der Waals surface area contributed by atoms with Gasteiger partial charge in [-0.25, -0.2) is 0 Å². The first-order chi connectivity index (χ1) is 14.8. The van der Waals surface area contributed by atoms with Crippen LogP contribution in [0.2, 0.25) is 0 Å². The average molecular weight is 430 g/mol. The Labute approximate surface area is 188 Å². The van der Waals surface area contributed by atoms with Gasteiger partial charge in [0.25, 0.3) is 0 Å². The van der Waals surface area contributed by atoms with Gasteiger partial charge in [0.15, 0.2) is 0 Å². The van der Waals surface area contributed by atoms with Gasteiger partial charge in [-0.3, -0.25) is 4.90 Å². The molecule has 6 aliphatic rings. The molecule has 31 heavy (non-hydrogen) atoms. The fraction of sp³-hybridized carbons (Fsp3) is 0.926. The molecule has 0 aromatic carbocycles. The SMILES string of the molecule is C[C@@H]1C[C@H](O)[C@H]2[C@H](C)[C@H]3CC[C@H]4C5=C(C[C@H]4[C@@H]3CN2C1)[C@@]1(C)CC[C@H](O)C[C@H]1[C@H](O)C5. The minimum atomic E-state index is -0.275.